The molecule has 0 heterocycles. The van der Waals surface area contributed by atoms with Crippen LogP contribution in [0.5, 0.6) is 5.75 Å². The van der Waals surface area contributed by atoms with E-state index >= 15 is 0 Å². The van der Waals surface area contributed by atoms with E-state index in [-0.39, 0.29) is 17.3 Å². The molecule has 0 bridgehead atoms. The molecule has 3 aromatic carbocycles. The van der Waals surface area contributed by atoms with E-state index in [0.717, 1.165) is 53.3 Å². The van der Waals surface area contributed by atoms with Gasteiger partial charge in [0, 0.05) is 5.92 Å². The van der Waals surface area contributed by atoms with Crippen LogP contribution in [0, 0.1) is 23.4 Å². The lowest BCUT2D eigenvalue weighted by Crippen LogP contribution is -2.23. The number of halogens is 6. The number of hydrogen-bond acceptors (Lipinski definition) is 1. The molecular formula is C24H20F6O. The highest BCUT2D eigenvalue weighted by Crippen LogP contribution is 2.46. The van der Waals surface area contributed by atoms with Gasteiger partial charge in [0.05, 0.1) is 0 Å². The minimum absolute atomic E-state index is 0.0525. The molecule has 0 amide bonds. The van der Waals surface area contributed by atoms with Gasteiger partial charge < -0.3 is 4.74 Å². The number of benzene rings is 3. The molecule has 164 valence electrons. The van der Waals surface area contributed by atoms with Crippen molar-refractivity contribution in [2.75, 3.05) is 0 Å². The summed E-state index contributed by atoms with van der Waals surface area (Å²) in [6.07, 6.45) is -2.15. The highest BCUT2D eigenvalue weighted by Gasteiger charge is 2.36. The molecule has 0 aromatic heterocycles. The lowest BCUT2D eigenvalue weighted by atomic mass is 9.69. The average molecular weight is 438 g/mol. The molecule has 0 aliphatic heterocycles. The van der Waals surface area contributed by atoms with Gasteiger partial charge in [-0.15, -0.1) is 13.2 Å². The maximum absolute atomic E-state index is 14.5. The van der Waals surface area contributed by atoms with Gasteiger partial charge in [-0.2, -0.15) is 0 Å². The fourth-order valence-corrected chi connectivity index (χ4v) is 4.80. The predicted octanol–water partition coefficient (Wildman–Crippen LogP) is 7.65. The molecule has 3 aromatic rings. The van der Waals surface area contributed by atoms with Crippen LogP contribution in [0.25, 0.3) is 10.8 Å². The highest BCUT2D eigenvalue weighted by molar-refractivity contribution is 5.87. The lowest BCUT2D eigenvalue weighted by Gasteiger charge is -2.35. The fourth-order valence-electron chi connectivity index (χ4n) is 4.80. The average Bonchev–Trinajstić information content (AvgIpc) is 2.69. The van der Waals surface area contributed by atoms with Crippen LogP contribution in [0.4, 0.5) is 26.3 Å². The van der Waals surface area contributed by atoms with E-state index in [0.29, 0.717) is 6.42 Å². The Morgan fingerprint density at radius 2 is 1.65 bits per heavy atom. The lowest BCUT2D eigenvalue weighted by molar-refractivity contribution is -0.276. The van der Waals surface area contributed by atoms with Gasteiger partial charge in [0.15, 0.2) is 11.6 Å². The zero-order chi connectivity index (χ0) is 22.3. The molecule has 1 aliphatic rings. The smallest absolute Gasteiger partial charge is 0.399 e. The van der Waals surface area contributed by atoms with Crippen molar-refractivity contribution in [3.63, 3.8) is 0 Å². The van der Waals surface area contributed by atoms with Crippen LogP contribution < -0.4 is 4.74 Å². The van der Waals surface area contributed by atoms with E-state index in [2.05, 4.69) is 4.74 Å². The van der Waals surface area contributed by atoms with Crippen molar-refractivity contribution in [1.82, 2.24) is 0 Å². The number of alkyl halides is 3. The molecular weight excluding hydrogens is 418 g/mol. The van der Waals surface area contributed by atoms with Crippen molar-refractivity contribution in [3.05, 3.63) is 76.6 Å². The van der Waals surface area contributed by atoms with Gasteiger partial charge in [0.25, 0.3) is 0 Å². The Bertz CT molecular complexity index is 1100. The summed E-state index contributed by atoms with van der Waals surface area (Å²) in [4.78, 5) is 0. The fraction of sp³-hybridized carbons (Fsp3) is 0.333. The topological polar surface area (TPSA) is 9.23 Å². The summed E-state index contributed by atoms with van der Waals surface area (Å²) in [5.74, 6) is -5.00. The van der Waals surface area contributed by atoms with Crippen LogP contribution >= 0.6 is 0 Å². The van der Waals surface area contributed by atoms with Crippen molar-refractivity contribution in [2.45, 2.75) is 44.9 Å². The Morgan fingerprint density at radius 1 is 0.968 bits per heavy atom. The van der Waals surface area contributed by atoms with Gasteiger partial charge in [-0.05, 0) is 76.9 Å². The first-order chi connectivity index (χ1) is 14.7. The van der Waals surface area contributed by atoms with E-state index in [1.54, 1.807) is 6.07 Å². The summed E-state index contributed by atoms with van der Waals surface area (Å²) in [6, 6.07) is 10.1. The zero-order valence-corrected chi connectivity index (χ0v) is 16.7. The van der Waals surface area contributed by atoms with Gasteiger partial charge in [0.1, 0.15) is 5.82 Å². The Hall–Kier alpha value is -2.70. The molecule has 2 unspecified atom stereocenters. The van der Waals surface area contributed by atoms with Crippen molar-refractivity contribution in [3.8, 4) is 5.75 Å². The van der Waals surface area contributed by atoms with Gasteiger partial charge in [-0.1, -0.05) is 31.5 Å². The van der Waals surface area contributed by atoms with Gasteiger partial charge in [-0.25, -0.2) is 13.2 Å². The summed E-state index contributed by atoms with van der Waals surface area (Å²) in [6.45, 7) is 2.00. The van der Waals surface area contributed by atoms with Crippen LogP contribution in [0.3, 0.4) is 0 Å². The molecule has 7 heteroatoms. The van der Waals surface area contributed by atoms with Gasteiger partial charge in [-0.3, -0.25) is 0 Å². The molecule has 1 nitrogen and oxygen atoms in total. The van der Waals surface area contributed by atoms with E-state index in [9.17, 15) is 26.3 Å². The third-order valence-electron chi connectivity index (χ3n) is 5.96. The molecule has 0 saturated carbocycles. The summed E-state index contributed by atoms with van der Waals surface area (Å²) < 4.78 is 83.9. The van der Waals surface area contributed by atoms with E-state index < -0.39 is 29.7 Å². The quantitative estimate of drug-likeness (QED) is 0.380. The van der Waals surface area contributed by atoms with Crippen molar-refractivity contribution >= 4 is 10.8 Å². The maximum atomic E-state index is 14.5. The molecule has 31 heavy (non-hydrogen) atoms. The first kappa shape index (κ1) is 21.5. The number of hydrogen-bond donors (Lipinski definition) is 0. The summed E-state index contributed by atoms with van der Waals surface area (Å²) in [7, 11) is 0. The van der Waals surface area contributed by atoms with Crippen molar-refractivity contribution < 1.29 is 31.1 Å². The maximum Gasteiger partial charge on any atom is 0.573 e. The first-order valence-corrected chi connectivity index (χ1v) is 10.1. The van der Waals surface area contributed by atoms with E-state index in [1.807, 2.05) is 19.1 Å². The summed E-state index contributed by atoms with van der Waals surface area (Å²) >= 11 is 0. The minimum Gasteiger partial charge on any atom is -0.399 e. The molecule has 0 N–H and O–H groups in total. The third kappa shape index (κ3) is 4.23. The van der Waals surface area contributed by atoms with Gasteiger partial charge >= 0.3 is 6.36 Å². The molecule has 0 saturated heterocycles. The Kier molecular flexibility index (Phi) is 5.62. The third-order valence-corrected chi connectivity index (χ3v) is 5.96. The largest absolute Gasteiger partial charge is 0.573 e. The Labute approximate surface area is 175 Å². The number of rotatable bonds is 4. The first-order valence-electron chi connectivity index (χ1n) is 10.1. The second-order valence-corrected chi connectivity index (χ2v) is 7.93. The van der Waals surface area contributed by atoms with E-state index in [1.165, 1.54) is 12.1 Å². The highest BCUT2D eigenvalue weighted by atomic mass is 19.4. The standard InChI is InChI=1S/C24H20F6O/c1-2-3-14-6-8-17-18(9-5-13-4-7-16(25)12-19(13)17)22(14)15-10-20(26)23(21(27)11-15)31-24(28,29)30/h4-5,7,9-12,14,22H,2-3,6,8H2,1H3. The van der Waals surface area contributed by atoms with E-state index in [4.69, 9.17) is 0 Å². The van der Waals surface area contributed by atoms with Crippen molar-refractivity contribution in [2.24, 2.45) is 5.92 Å². The van der Waals surface area contributed by atoms with Crippen LogP contribution in [0.1, 0.15) is 48.8 Å². The van der Waals surface area contributed by atoms with Gasteiger partial charge in [0.2, 0.25) is 5.75 Å². The summed E-state index contributed by atoms with van der Waals surface area (Å²) in [5.41, 5.74) is 1.98. The molecule has 0 radical (unpaired) electrons. The minimum atomic E-state index is -5.20. The Morgan fingerprint density at radius 3 is 2.29 bits per heavy atom. The van der Waals surface area contributed by atoms with Crippen LogP contribution in [-0.4, -0.2) is 6.36 Å². The number of ether oxygens (including phenoxy) is 1. The summed E-state index contributed by atoms with van der Waals surface area (Å²) in [5, 5.41) is 1.61. The molecule has 0 spiro atoms. The van der Waals surface area contributed by atoms with Crippen LogP contribution in [0.2, 0.25) is 0 Å². The SMILES string of the molecule is CCCC1CCc2c(ccc3ccc(F)cc23)C1c1cc(F)c(OC(F)(F)F)c(F)c1. The van der Waals surface area contributed by atoms with Crippen molar-refractivity contribution in [1.29, 1.82) is 0 Å². The molecule has 4 rings (SSSR count). The zero-order valence-electron chi connectivity index (χ0n) is 16.7. The van der Waals surface area contributed by atoms with Crippen LogP contribution in [0.15, 0.2) is 42.5 Å². The molecule has 2 atom stereocenters. The normalized spacial score (nSPS) is 18.8. The second-order valence-electron chi connectivity index (χ2n) is 7.93. The molecule has 0 fully saturated rings. The Balaban J connectivity index is 1.86. The number of fused-ring (bicyclic) bond motifs is 3. The van der Waals surface area contributed by atoms with Crippen LogP contribution in [-0.2, 0) is 6.42 Å². The number of aryl methyl sites for hydroxylation is 1. The second kappa shape index (κ2) is 8.09. The predicted molar refractivity (Wildman–Crippen MR) is 106 cm³/mol. The monoisotopic (exact) mass is 438 g/mol. The molecule has 1 aliphatic carbocycles.